The van der Waals surface area contributed by atoms with E-state index in [1.807, 2.05) is 92.0 Å². The van der Waals surface area contributed by atoms with E-state index in [1.54, 1.807) is 0 Å². The number of aryl methyl sites for hydroxylation is 2. The number of hydrogen-bond acceptors (Lipinski definition) is 3. The van der Waals surface area contributed by atoms with E-state index in [0.29, 0.717) is 12.8 Å². The lowest BCUT2D eigenvalue weighted by atomic mass is 10.1. The lowest BCUT2D eigenvalue weighted by Crippen LogP contribution is -2.27. The molecule has 5 nitrogen and oxygen atoms in total. The molecule has 0 spiro atoms. The Bertz CT molecular complexity index is 1170. The van der Waals surface area contributed by atoms with E-state index >= 15 is 0 Å². The molecule has 1 N–H and O–H groups in total. The third-order valence-corrected chi connectivity index (χ3v) is 5.51. The Morgan fingerprint density at radius 1 is 1.03 bits per heavy atom. The molecule has 0 aliphatic heterocycles. The summed E-state index contributed by atoms with van der Waals surface area (Å²) in [5, 5.41) is 7.84. The maximum Gasteiger partial charge on any atom is 0.220 e. The van der Waals surface area contributed by atoms with Crippen molar-refractivity contribution in [3.63, 3.8) is 0 Å². The van der Waals surface area contributed by atoms with Crippen LogP contribution in [0.15, 0.2) is 66.7 Å². The minimum Gasteiger partial charge on any atom is -0.350 e. The molecule has 0 saturated carbocycles. The first kappa shape index (κ1) is 19.8. The normalized spacial score (nSPS) is 12.1. The van der Waals surface area contributed by atoms with Crippen molar-refractivity contribution in [2.45, 2.75) is 39.7 Å². The van der Waals surface area contributed by atoms with Crippen molar-refractivity contribution >= 4 is 11.6 Å². The summed E-state index contributed by atoms with van der Waals surface area (Å²) in [6.45, 7) is 6.05. The van der Waals surface area contributed by atoms with Gasteiger partial charge in [-0.2, -0.15) is 5.10 Å². The fourth-order valence-corrected chi connectivity index (χ4v) is 3.82. The van der Waals surface area contributed by atoms with Gasteiger partial charge in [0.05, 0.1) is 11.7 Å². The largest absolute Gasteiger partial charge is 0.350 e. The molecule has 0 radical (unpaired) electrons. The Morgan fingerprint density at radius 3 is 2.40 bits per heavy atom. The van der Waals surface area contributed by atoms with Crippen molar-refractivity contribution in [3.8, 4) is 11.3 Å². The van der Waals surface area contributed by atoms with Gasteiger partial charge in [-0.1, -0.05) is 60.7 Å². The highest BCUT2D eigenvalue weighted by Gasteiger charge is 2.15. The van der Waals surface area contributed by atoms with Crippen LogP contribution in [0, 0.1) is 13.8 Å². The van der Waals surface area contributed by atoms with Crippen molar-refractivity contribution in [1.82, 2.24) is 19.9 Å². The summed E-state index contributed by atoms with van der Waals surface area (Å²) in [5.74, 6) is 0.0377. The van der Waals surface area contributed by atoms with E-state index < -0.39 is 0 Å². The highest BCUT2D eigenvalue weighted by Crippen LogP contribution is 2.22. The predicted molar refractivity (Wildman–Crippen MR) is 119 cm³/mol. The highest BCUT2D eigenvalue weighted by atomic mass is 16.1. The van der Waals surface area contributed by atoms with Gasteiger partial charge in [-0.05, 0) is 38.3 Å². The van der Waals surface area contributed by atoms with Crippen molar-refractivity contribution in [2.75, 3.05) is 0 Å². The van der Waals surface area contributed by atoms with Gasteiger partial charge in [0.2, 0.25) is 5.91 Å². The third kappa shape index (κ3) is 4.10. The maximum absolute atomic E-state index is 12.5. The van der Waals surface area contributed by atoms with Crippen molar-refractivity contribution in [2.24, 2.45) is 0 Å². The van der Waals surface area contributed by atoms with E-state index in [0.717, 1.165) is 39.4 Å². The summed E-state index contributed by atoms with van der Waals surface area (Å²) >= 11 is 0. The summed E-state index contributed by atoms with van der Waals surface area (Å²) in [4.78, 5) is 17.3. The summed E-state index contributed by atoms with van der Waals surface area (Å²) in [7, 11) is 0. The minimum atomic E-state index is -0.0129. The van der Waals surface area contributed by atoms with Gasteiger partial charge >= 0.3 is 0 Å². The molecule has 30 heavy (non-hydrogen) atoms. The molecule has 2 aromatic carbocycles. The average Bonchev–Trinajstić information content (AvgIpc) is 3.19. The quantitative estimate of drug-likeness (QED) is 0.506. The Kier molecular flexibility index (Phi) is 5.61. The van der Waals surface area contributed by atoms with Gasteiger partial charge < -0.3 is 5.32 Å². The molecular formula is C25H26N4O. The van der Waals surface area contributed by atoms with E-state index in [2.05, 4.69) is 5.32 Å². The van der Waals surface area contributed by atoms with E-state index in [4.69, 9.17) is 10.1 Å². The summed E-state index contributed by atoms with van der Waals surface area (Å²) in [5.41, 5.74) is 6.95. The van der Waals surface area contributed by atoms with E-state index in [-0.39, 0.29) is 11.9 Å². The number of hydrogen-bond donors (Lipinski definition) is 1. The predicted octanol–water partition coefficient (Wildman–Crippen LogP) is 4.82. The van der Waals surface area contributed by atoms with Crippen LogP contribution in [0.25, 0.3) is 16.9 Å². The molecular weight excluding hydrogens is 372 g/mol. The first-order chi connectivity index (χ1) is 14.5. The van der Waals surface area contributed by atoms with Crippen LogP contribution >= 0.6 is 0 Å². The van der Waals surface area contributed by atoms with Crippen LogP contribution in [0.4, 0.5) is 0 Å². The molecule has 0 bridgehead atoms. The average molecular weight is 399 g/mol. The first-order valence-electron chi connectivity index (χ1n) is 10.3. The van der Waals surface area contributed by atoms with Crippen molar-refractivity contribution < 1.29 is 4.79 Å². The zero-order valence-electron chi connectivity index (χ0n) is 17.6. The van der Waals surface area contributed by atoms with Crippen LogP contribution in [-0.2, 0) is 11.2 Å². The van der Waals surface area contributed by atoms with Gasteiger partial charge in [0, 0.05) is 29.4 Å². The lowest BCUT2D eigenvalue weighted by Gasteiger charge is -2.15. The molecule has 1 atom stereocenters. The number of carbonyl (C=O) groups excluding carboxylic acids is 1. The fraction of sp³-hybridized carbons (Fsp3) is 0.240. The van der Waals surface area contributed by atoms with Gasteiger partial charge in [0.15, 0.2) is 5.65 Å². The number of nitrogens with zero attached hydrogens (tertiary/aromatic N) is 3. The van der Waals surface area contributed by atoms with Gasteiger partial charge in [0.1, 0.15) is 0 Å². The Balaban J connectivity index is 1.50. The van der Waals surface area contributed by atoms with Crippen molar-refractivity contribution in [3.05, 3.63) is 89.2 Å². The molecule has 0 aliphatic carbocycles. The van der Waals surface area contributed by atoms with Crippen LogP contribution in [0.1, 0.15) is 41.9 Å². The molecule has 5 heteroatoms. The molecule has 4 aromatic rings. The molecule has 0 saturated heterocycles. The van der Waals surface area contributed by atoms with Crippen LogP contribution < -0.4 is 5.32 Å². The molecule has 4 rings (SSSR count). The van der Waals surface area contributed by atoms with Gasteiger partial charge in [0.25, 0.3) is 0 Å². The summed E-state index contributed by atoms with van der Waals surface area (Å²) in [6.07, 6.45) is 1.05. The molecule has 152 valence electrons. The molecule has 0 fully saturated rings. The topological polar surface area (TPSA) is 59.3 Å². The fourth-order valence-electron chi connectivity index (χ4n) is 3.82. The zero-order chi connectivity index (χ0) is 21.1. The molecule has 1 amide bonds. The molecule has 0 unspecified atom stereocenters. The Morgan fingerprint density at radius 2 is 1.70 bits per heavy atom. The molecule has 2 aromatic heterocycles. The number of aromatic nitrogens is 3. The second kappa shape index (κ2) is 8.49. The molecule has 0 aliphatic rings. The zero-order valence-corrected chi connectivity index (χ0v) is 17.6. The van der Waals surface area contributed by atoms with Gasteiger partial charge in [-0.15, -0.1) is 0 Å². The standard InChI is InChI=1S/C25H26N4O/c1-17(20-10-6-4-7-11-20)27-25(30)15-14-22-18(2)26-24-16-23(28-29(24)19(22)3)21-12-8-5-9-13-21/h4-13,16-17H,14-15H2,1-3H3,(H,27,30)/t17-/m0/s1. The van der Waals surface area contributed by atoms with E-state index in [1.165, 1.54) is 0 Å². The van der Waals surface area contributed by atoms with Gasteiger partial charge in [-0.3, -0.25) is 4.79 Å². The third-order valence-electron chi connectivity index (χ3n) is 5.51. The number of benzene rings is 2. The van der Waals surface area contributed by atoms with Crippen molar-refractivity contribution in [1.29, 1.82) is 0 Å². The number of carbonyl (C=O) groups is 1. The smallest absolute Gasteiger partial charge is 0.220 e. The number of amides is 1. The first-order valence-corrected chi connectivity index (χ1v) is 10.3. The second-order valence-corrected chi connectivity index (χ2v) is 7.63. The van der Waals surface area contributed by atoms with Gasteiger partial charge in [-0.25, -0.2) is 9.50 Å². The highest BCUT2D eigenvalue weighted by molar-refractivity contribution is 5.76. The second-order valence-electron chi connectivity index (χ2n) is 7.63. The molecule has 2 heterocycles. The number of nitrogens with one attached hydrogen (secondary N) is 1. The van der Waals surface area contributed by atoms with Crippen LogP contribution in [0.5, 0.6) is 0 Å². The Hall–Kier alpha value is -3.47. The summed E-state index contributed by atoms with van der Waals surface area (Å²) < 4.78 is 1.88. The van der Waals surface area contributed by atoms with E-state index in [9.17, 15) is 4.79 Å². The Labute approximate surface area is 176 Å². The lowest BCUT2D eigenvalue weighted by molar-refractivity contribution is -0.121. The van der Waals surface area contributed by atoms with Crippen LogP contribution in [0.2, 0.25) is 0 Å². The number of fused-ring (bicyclic) bond motifs is 1. The van der Waals surface area contributed by atoms with Crippen LogP contribution in [-0.4, -0.2) is 20.5 Å². The monoisotopic (exact) mass is 398 g/mol. The minimum absolute atomic E-state index is 0.0129. The number of rotatable bonds is 6. The SMILES string of the molecule is Cc1nc2cc(-c3ccccc3)nn2c(C)c1CCC(=O)N[C@@H](C)c1ccccc1. The summed E-state index contributed by atoms with van der Waals surface area (Å²) in [6, 6.07) is 22.1. The van der Waals surface area contributed by atoms with Crippen LogP contribution in [0.3, 0.4) is 0 Å². The maximum atomic E-state index is 12.5.